The van der Waals surface area contributed by atoms with Crippen molar-refractivity contribution in [2.45, 2.75) is 26.1 Å². The summed E-state index contributed by atoms with van der Waals surface area (Å²) in [7, 11) is 5.01. The molecular weight excluding hydrogens is 433 g/mol. The van der Waals surface area contributed by atoms with E-state index in [1.165, 1.54) is 6.07 Å². The van der Waals surface area contributed by atoms with Crippen LogP contribution in [0.5, 0.6) is 11.5 Å². The van der Waals surface area contributed by atoms with Gasteiger partial charge in [0.25, 0.3) is 0 Å². The van der Waals surface area contributed by atoms with Crippen LogP contribution in [-0.4, -0.2) is 74.1 Å². The van der Waals surface area contributed by atoms with Crippen molar-refractivity contribution in [3.63, 3.8) is 0 Å². The van der Waals surface area contributed by atoms with Gasteiger partial charge in [0.1, 0.15) is 17.3 Å². The van der Waals surface area contributed by atoms with Gasteiger partial charge in [-0.1, -0.05) is 17.7 Å². The lowest BCUT2D eigenvalue weighted by Gasteiger charge is -2.38. The molecule has 1 fully saturated rings. The number of rotatable bonds is 8. The summed E-state index contributed by atoms with van der Waals surface area (Å²) in [5, 5.41) is 0.332. The van der Waals surface area contributed by atoms with Crippen molar-refractivity contribution >= 4 is 17.5 Å². The first-order valence-electron chi connectivity index (χ1n) is 10.7. The minimum Gasteiger partial charge on any atom is -0.497 e. The second-order valence-electron chi connectivity index (χ2n) is 8.06. The van der Waals surface area contributed by atoms with Crippen LogP contribution in [0, 0.1) is 5.82 Å². The minimum absolute atomic E-state index is 0.0489. The molecular formula is C24H31ClFN3O3. The van der Waals surface area contributed by atoms with Crippen molar-refractivity contribution in [3.05, 3.63) is 58.4 Å². The summed E-state index contributed by atoms with van der Waals surface area (Å²) >= 11 is 6.12. The summed E-state index contributed by atoms with van der Waals surface area (Å²) in [4.78, 5) is 19.0. The molecule has 8 heteroatoms. The van der Waals surface area contributed by atoms with Gasteiger partial charge >= 0.3 is 0 Å². The molecule has 1 atom stereocenters. The molecule has 174 valence electrons. The molecule has 0 spiro atoms. The Kier molecular flexibility index (Phi) is 8.34. The summed E-state index contributed by atoms with van der Waals surface area (Å²) in [6, 6.07) is 10.1. The maximum Gasteiger partial charge on any atom is 0.239 e. The van der Waals surface area contributed by atoms with Crippen LogP contribution in [0.1, 0.15) is 18.1 Å². The highest BCUT2D eigenvalue weighted by Gasteiger charge is 2.28. The Morgan fingerprint density at radius 2 is 1.88 bits per heavy atom. The van der Waals surface area contributed by atoms with E-state index in [1.54, 1.807) is 38.3 Å². The van der Waals surface area contributed by atoms with E-state index < -0.39 is 5.82 Å². The van der Waals surface area contributed by atoms with E-state index in [1.807, 2.05) is 25.1 Å². The molecule has 1 heterocycles. The van der Waals surface area contributed by atoms with Crippen molar-refractivity contribution in [1.29, 1.82) is 0 Å². The van der Waals surface area contributed by atoms with E-state index in [0.29, 0.717) is 10.6 Å². The fourth-order valence-corrected chi connectivity index (χ4v) is 4.25. The number of benzene rings is 2. The highest BCUT2D eigenvalue weighted by molar-refractivity contribution is 6.31. The third kappa shape index (κ3) is 5.71. The normalized spacial score (nSPS) is 15.9. The van der Waals surface area contributed by atoms with Crippen LogP contribution in [0.3, 0.4) is 0 Å². The summed E-state index contributed by atoms with van der Waals surface area (Å²) < 4.78 is 24.9. The van der Waals surface area contributed by atoms with Crippen molar-refractivity contribution in [2.75, 3.05) is 47.4 Å². The molecule has 0 saturated carbocycles. The molecule has 1 amide bonds. The molecule has 2 aromatic rings. The number of hydrogen-bond acceptors (Lipinski definition) is 5. The zero-order chi connectivity index (χ0) is 23.3. The molecule has 0 aliphatic carbocycles. The van der Waals surface area contributed by atoms with E-state index in [2.05, 4.69) is 9.80 Å². The molecule has 32 heavy (non-hydrogen) atoms. The van der Waals surface area contributed by atoms with Crippen molar-refractivity contribution in [2.24, 2.45) is 0 Å². The number of piperazine rings is 1. The van der Waals surface area contributed by atoms with Gasteiger partial charge in [-0.15, -0.1) is 0 Å². The Bertz CT molecular complexity index is 914. The largest absolute Gasteiger partial charge is 0.497 e. The highest BCUT2D eigenvalue weighted by Crippen LogP contribution is 2.26. The monoisotopic (exact) mass is 463 g/mol. The summed E-state index contributed by atoms with van der Waals surface area (Å²) in [5.74, 6) is 1.19. The third-order valence-corrected chi connectivity index (χ3v) is 6.38. The van der Waals surface area contributed by atoms with Crippen LogP contribution in [0.25, 0.3) is 0 Å². The second kappa shape index (κ2) is 11.0. The summed E-state index contributed by atoms with van der Waals surface area (Å²) in [6.07, 6.45) is 0. The van der Waals surface area contributed by atoms with Gasteiger partial charge in [0.05, 0.1) is 20.3 Å². The molecule has 0 bridgehead atoms. The van der Waals surface area contributed by atoms with Crippen molar-refractivity contribution in [3.8, 4) is 11.5 Å². The molecule has 0 aromatic heterocycles. The molecule has 1 saturated heterocycles. The predicted octanol–water partition coefficient (Wildman–Crippen LogP) is 3.66. The number of likely N-dealkylation sites (N-methyl/N-ethyl adjacent to an activating group) is 1. The van der Waals surface area contributed by atoms with Crippen LogP contribution in [-0.2, 0) is 17.9 Å². The lowest BCUT2D eigenvalue weighted by Crippen LogP contribution is -2.53. The standard InChI is InChI=1S/C24H31ClFN3O3/c1-17(24(30)27(2)16-20-21(25)6-5-7-22(20)26)29-12-10-28(11-13-29)15-18-14-19(31-3)8-9-23(18)32-4/h5-9,14,17H,10-13,15-16H2,1-4H3. The topological polar surface area (TPSA) is 45.3 Å². The van der Waals surface area contributed by atoms with Crippen molar-refractivity contribution < 1.29 is 18.7 Å². The van der Waals surface area contributed by atoms with Gasteiger partial charge in [-0.25, -0.2) is 4.39 Å². The number of ether oxygens (including phenoxy) is 2. The molecule has 0 N–H and O–H groups in total. The second-order valence-corrected chi connectivity index (χ2v) is 8.47. The minimum atomic E-state index is -0.397. The van der Waals surface area contributed by atoms with E-state index in [-0.39, 0.29) is 18.5 Å². The number of nitrogens with zero attached hydrogens (tertiary/aromatic N) is 3. The average molecular weight is 464 g/mol. The van der Waals surface area contributed by atoms with E-state index in [4.69, 9.17) is 21.1 Å². The van der Waals surface area contributed by atoms with E-state index in [9.17, 15) is 9.18 Å². The zero-order valence-electron chi connectivity index (χ0n) is 19.1. The number of methoxy groups -OCH3 is 2. The summed E-state index contributed by atoms with van der Waals surface area (Å²) in [6.45, 7) is 6.01. The number of hydrogen-bond donors (Lipinski definition) is 0. The predicted molar refractivity (Wildman–Crippen MR) is 124 cm³/mol. The molecule has 1 aliphatic rings. The fraction of sp³-hybridized carbons (Fsp3) is 0.458. The van der Waals surface area contributed by atoms with E-state index in [0.717, 1.165) is 49.8 Å². The molecule has 1 unspecified atom stereocenters. The van der Waals surface area contributed by atoms with Gasteiger partial charge in [0.2, 0.25) is 5.91 Å². The maximum atomic E-state index is 14.1. The number of carbonyl (C=O) groups excluding carboxylic acids is 1. The van der Waals surface area contributed by atoms with Crippen molar-refractivity contribution in [1.82, 2.24) is 14.7 Å². The van der Waals surface area contributed by atoms with Gasteiger partial charge in [0, 0.05) is 62.5 Å². The zero-order valence-corrected chi connectivity index (χ0v) is 19.9. The lowest BCUT2D eigenvalue weighted by atomic mass is 10.1. The van der Waals surface area contributed by atoms with Gasteiger partial charge in [-0.3, -0.25) is 14.6 Å². The highest BCUT2D eigenvalue weighted by atomic mass is 35.5. The first-order valence-corrected chi connectivity index (χ1v) is 11.1. The Morgan fingerprint density at radius 1 is 1.16 bits per heavy atom. The number of halogens is 2. The van der Waals surface area contributed by atoms with Crippen LogP contribution >= 0.6 is 11.6 Å². The maximum absolute atomic E-state index is 14.1. The average Bonchev–Trinajstić information content (AvgIpc) is 2.80. The lowest BCUT2D eigenvalue weighted by molar-refractivity contribution is -0.136. The SMILES string of the molecule is COc1ccc(OC)c(CN2CCN(C(C)C(=O)N(C)Cc3c(F)cccc3Cl)CC2)c1. The van der Waals surface area contributed by atoms with E-state index >= 15 is 0 Å². The first-order chi connectivity index (χ1) is 15.3. The quantitative estimate of drug-likeness (QED) is 0.598. The molecule has 2 aromatic carbocycles. The van der Waals surface area contributed by atoms with Crippen LogP contribution in [0.4, 0.5) is 4.39 Å². The van der Waals surface area contributed by atoms with Crippen LogP contribution in [0.15, 0.2) is 36.4 Å². The van der Waals surface area contributed by atoms with Gasteiger partial charge in [-0.2, -0.15) is 0 Å². The van der Waals surface area contributed by atoms with Gasteiger partial charge < -0.3 is 14.4 Å². The van der Waals surface area contributed by atoms with Crippen LogP contribution in [0.2, 0.25) is 5.02 Å². The number of carbonyl (C=O) groups is 1. The number of amides is 1. The van der Waals surface area contributed by atoms with Gasteiger partial charge in [-0.05, 0) is 37.3 Å². The summed E-state index contributed by atoms with van der Waals surface area (Å²) in [5.41, 5.74) is 1.42. The Hall–Kier alpha value is -2.35. The molecule has 1 aliphatic heterocycles. The Balaban J connectivity index is 1.56. The Morgan fingerprint density at radius 3 is 2.50 bits per heavy atom. The molecule has 0 radical (unpaired) electrons. The fourth-order valence-electron chi connectivity index (χ4n) is 4.03. The Labute approximate surface area is 194 Å². The van der Waals surface area contributed by atoms with Gasteiger partial charge in [0.15, 0.2) is 0 Å². The molecule has 6 nitrogen and oxygen atoms in total. The first kappa shape index (κ1) is 24.3. The van der Waals surface area contributed by atoms with Crippen LogP contribution < -0.4 is 9.47 Å². The third-order valence-electron chi connectivity index (χ3n) is 6.03. The molecule has 3 rings (SSSR count). The smallest absolute Gasteiger partial charge is 0.239 e.